The summed E-state index contributed by atoms with van der Waals surface area (Å²) >= 11 is 0. The zero-order chi connectivity index (χ0) is 20.1. The molecule has 1 fully saturated rings. The Bertz CT molecular complexity index is 789. The van der Waals surface area contributed by atoms with Crippen LogP contribution < -0.4 is 14.8 Å². The topological polar surface area (TPSA) is 72.1 Å². The van der Waals surface area contributed by atoms with E-state index in [-0.39, 0.29) is 0 Å². The normalized spacial score (nSPS) is 17.1. The van der Waals surface area contributed by atoms with Crippen LogP contribution in [0.5, 0.6) is 11.5 Å². The van der Waals surface area contributed by atoms with Crippen LogP contribution in [0, 0.1) is 13.8 Å². The number of hydrogen-bond acceptors (Lipinski definition) is 5. The summed E-state index contributed by atoms with van der Waals surface area (Å²) < 4.78 is 16.1. The molecule has 7 nitrogen and oxygen atoms in total. The second-order valence-electron chi connectivity index (χ2n) is 7.10. The smallest absolute Gasteiger partial charge is 0.193 e. The number of guanidine groups is 1. The fourth-order valence-corrected chi connectivity index (χ4v) is 3.78. The first kappa shape index (κ1) is 20.0. The molecule has 1 aromatic heterocycles. The van der Waals surface area contributed by atoms with Crippen molar-refractivity contribution in [1.29, 1.82) is 0 Å². The maximum atomic E-state index is 5.42. The highest BCUT2D eigenvalue weighted by Gasteiger charge is 2.27. The second kappa shape index (κ2) is 8.99. The third kappa shape index (κ3) is 4.40. The molecule has 1 aromatic carbocycles. The van der Waals surface area contributed by atoms with Crippen LogP contribution in [0.4, 0.5) is 0 Å². The summed E-state index contributed by atoms with van der Waals surface area (Å²) in [7, 11) is 5.20. The maximum Gasteiger partial charge on any atom is 0.193 e. The third-order valence-electron chi connectivity index (χ3n) is 5.38. The summed E-state index contributed by atoms with van der Waals surface area (Å²) in [6.45, 7) is 6.62. The molecule has 152 valence electrons. The Morgan fingerprint density at radius 2 is 1.96 bits per heavy atom. The lowest BCUT2D eigenvalue weighted by molar-refractivity contribution is 0.392. The minimum Gasteiger partial charge on any atom is -0.497 e. The van der Waals surface area contributed by atoms with Crippen molar-refractivity contribution in [3.05, 3.63) is 40.8 Å². The van der Waals surface area contributed by atoms with Gasteiger partial charge in [-0.05, 0) is 44.4 Å². The standard InChI is InChI=1S/C21H30N4O3/c1-14-20(15(2)28-24-14)6-8-23-21(22-3)25-9-7-16(13-25)17-10-18(26-4)12-19(11-17)27-5/h10-12,16H,6-9,13H2,1-5H3,(H,22,23). The molecule has 0 saturated carbocycles. The van der Waals surface area contributed by atoms with Crippen molar-refractivity contribution in [3.8, 4) is 11.5 Å². The summed E-state index contributed by atoms with van der Waals surface area (Å²) in [5.41, 5.74) is 3.37. The van der Waals surface area contributed by atoms with E-state index in [0.717, 1.165) is 61.4 Å². The number of hydrogen-bond donors (Lipinski definition) is 1. The molecule has 28 heavy (non-hydrogen) atoms. The highest BCUT2D eigenvalue weighted by atomic mass is 16.5. The van der Waals surface area contributed by atoms with Crippen molar-refractivity contribution in [1.82, 2.24) is 15.4 Å². The van der Waals surface area contributed by atoms with Gasteiger partial charge in [0, 0.05) is 44.2 Å². The summed E-state index contributed by atoms with van der Waals surface area (Å²) in [4.78, 5) is 6.78. The number of nitrogens with zero attached hydrogens (tertiary/aromatic N) is 3. The first-order chi connectivity index (χ1) is 13.5. The predicted molar refractivity (Wildman–Crippen MR) is 110 cm³/mol. The highest BCUT2D eigenvalue weighted by molar-refractivity contribution is 5.80. The van der Waals surface area contributed by atoms with Gasteiger partial charge in [-0.15, -0.1) is 0 Å². The van der Waals surface area contributed by atoms with Crippen LogP contribution in [0.25, 0.3) is 0 Å². The molecule has 1 aliphatic rings. The zero-order valence-corrected chi connectivity index (χ0v) is 17.4. The van der Waals surface area contributed by atoms with Gasteiger partial charge in [0.05, 0.1) is 19.9 Å². The Morgan fingerprint density at radius 1 is 1.25 bits per heavy atom. The van der Waals surface area contributed by atoms with Crippen molar-refractivity contribution in [2.75, 3.05) is 40.9 Å². The number of rotatable bonds is 6. The molecule has 1 unspecified atom stereocenters. The molecule has 1 atom stereocenters. The summed E-state index contributed by atoms with van der Waals surface area (Å²) in [5, 5.41) is 7.50. The van der Waals surface area contributed by atoms with Gasteiger partial charge in [-0.1, -0.05) is 5.16 Å². The van der Waals surface area contributed by atoms with Crippen LogP contribution in [0.15, 0.2) is 27.7 Å². The fourth-order valence-electron chi connectivity index (χ4n) is 3.78. The number of methoxy groups -OCH3 is 2. The molecule has 0 radical (unpaired) electrons. The predicted octanol–water partition coefficient (Wildman–Crippen LogP) is 2.92. The van der Waals surface area contributed by atoms with Gasteiger partial charge in [0.25, 0.3) is 0 Å². The van der Waals surface area contributed by atoms with Crippen molar-refractivity contribution >= 4 is 5.96 Å². The molecule has 0 aliphatic carbocycles. The maximum absolute atomic E-state index is 5.42. The van der Waals surface area contributed by atoms with Gasteiger partial charge in [0.1, 0.15) is 17.3 Å². The molecule has 1 saturated heterocycles. The molecule has 0 bridgehead atoms. The Balaban J connectivity index is 1.60. The lowest BCUT2D eigenvalue weighted by Crippen LogP contribution is -2.40. The molecule has 0 amide bonds. The van der Waals surface area contributed by atoms with E-state index in [1.54, 1.807) is 14.2 Å². The first-order valence-electron chi connectivity index (χ1n) is 9.66. The van der Waals surface area contributed by atoms with Crippen LogP contribution in [0.3, 0.4) is 0 Å². The summed E-state index contributed by atoms with van der Waals surface area (Å²) in [6.07, 6.45) is 1.94. The Hall–Kier alpha value is -2.70. The van der Waals surface area contributed by atoms with Gasteiger partial charge in [-0.3, -0.25) is 4.99 Å². The lowest BCUT2D eigenvalue weighted by Gasteiger charge is -2.22. The number of aromatic nitrogens is 1. The van der Waals surface area contributed by atoms with E-state index in [9.17, 15) is 0 Å². The fraction of sp³-hybridized carbons (Fsp3) is 0.524. The van der Waals surface area contributed by atoms with Crippen molar-refractivity contribution in [2.24, 2.45) is 4.99 Å². The lowest BCUT2D eigenvalue weighted by atomic mass is 9.98. The quantitative estimate of drug-likeness (QED) is 0.608. The number of aliphatic imine (C=N–C) groups is 1. The third-order valence-corrected chi connectivity index (χ3v) is 5.38. The molecule has 2 heterocycles. The van der Waals surface area contributed by atoms with E-state index >= 15 is 0 Å². The minimum absolute atomic E-state index is 0.421. The second-order valence-corrected chi connectivity index (χ2v) is 7.10. The Morgan fingerprint density at radius 3 is 2.54 bits per heavy atom. The molecule has 3 rings (SSSR count). The molecule has 2 aromatic rings. The van der Waals surface area contributed by atoms with Crippen molar-refractivity contribution in [3.63, 3.8) is 0 Å². The van der Waals surface area contributed by atoms with E-state index in [1.165, 1.54) is 11.1 Å². The first-order valence-corrected chi connectivity index (χ1v) is 9.66. The van der Waals surface area contributed by atoms with Crippen LogP contribution in [-0.4, -0.2) is 56.9 Å². The van der Waals surface area contributed by atoms with Gasteiger partial charge < -0.3 is 24.2 Å². The van der Waals surface area contributed by atoms with E-state index in [1.807, 2.05) is 27.0 Å². The van der Waals surface area contributed by atoms with Crippen LogP contribution in [0.2, 0.25) is 0 Å². The van der Waals surface area contributed by atoms with Gasteiger partial charge in [0.2, 0.25) is 0 Å². The molecule has 0 spiro atoms. The minimum atomic E-state index is 0.421. The highest BCUT2D eigenvalue weighted by Crippen LogP contribution is 2.32. The molecular formula is C21H30N4O3. The van der Waals surface area contributed by atoms with Gasteiger partial charge in [0.15, 0.2) is 5.96 Å². The zero-order valence-electron chi connectivity index (χ0n) is 17.4. The monoisotopic (exact) mass is 386 g/mol. The number of ether oxygens (including phenoxy) is 2. The number of nitrogens with one attached hydrogen (secondary N) is 1. The van der Waals surface area contributed by atoms with Crippen LogP contribution >= 0.6 is 0 Å². The number of benzene rings is 1. The average Bonchev–Trinajstić information content (AvgIpc) is 3.32. The van der Waals surface area contributed by atoms with E-state index in [0.29, 0.717) is 5.92 Å². The molecular weight excluding hydrogens is 356 g/mol. The van der Waals surface area contributed by atoms with Crippen LogP contribution in [0.1, 0.15) is 34.9 Å². The van der Waals surface area contributed by atoms with Crippen molar-refractivity contribution < 1.29 is 14.0 Å². The number of aryl methyl sites for hydroxylation is 2. The molecule has 1 aliphatic heterocycles. The Labute approximate surface area is 166 Å². The largest absolute Gasteiger partial charge is 0.497 e. The summed E-state index contributed by atoms with van der Waals surface area (Å²) in [5.74, 6) is 3.90. The van der Waals surface area contributed by atoms with E-state index in [2.05, 4.69) is 32.5 Å². The van der Waals surface area contributed by atoms with Crippen LogP contribution in [-0.2, 0) is 6.42 Å². The van der Waals surface area contributed by atoms with Gasteiger partial charge in [-0.25, -0.2) is 0 Å². The van der Waals surface area contributed by atoms with Crippen molar-refractivity contribution in [2.45, 2.75) is 32.6 Å². The molecule has 7 heteroatoms. The molecule has 1 N–H and O–H groups in total. The Kier molecular flexibility index (Phi) is 6.44. The van der Waals surface area contributed by atoms with E-state index in [4.69, 9.17) is 14.0 Å². The van der Waals surface area contributed by atoms with Gasteiger partial charge >= 0.3 is 0 Å². The van der Waals surface area contributed by atoms with E-state index < -0.39 is 0 Å². The number of likely N-dealkylation sites (tertiary alicyclic amines) is 1. The summed E-state index contributed by atoms with van der Waals surface area (Å²) in [6, 6.07) is 6.11. The van der Waals surface area contributed by atoms with Gasteiger partial charge in [-0.2, -0.15) is 0 Å². The average molecular weight is 386 g/mol. The SMILES string of the molecule is CN=C(NCCc1c(C)noc1C)N1CCC(c2cc(OC)cc(OC)c2)C1.